The zero-order valence-electron chi connectivity index (χ0n) is 10.4. The average Bonchev–Trinajstić information content (AvgIpc) is 2.38. The van der Waals surface area contributed by atoms with Crippen LogP contribution in [0, 0.1) is 17.0 Å². The number of nitrogens with zero attached hydrogens (tertiary/aromatic N) is 1. The highest BCUT2D eigenvalue weighted by Gasteiger charge is 2.30. The van der Waals surface area contributed by atoms with Crippen LogP contribution in [0.2, 0.25) is 0 Å². The Morgan fingerprint density at radius 1 is 1.10 bits per heavy atom. The normalized spacial score (nSPS) is 11.4. The number of halogens is 3. The van der Waals surface area contributed by atoms with Gasteiger partial charge < -0.3 is 0 Å². The molecule has 20 heavy (non-hydrogen) atoms. The third-order valence-corrected chi connectivity index (χ3v) is 2.93. The number of hydrogen-bond acceptors (Lipinski definition) is 2. The SMILES string of the molecule is Cc1ccc(C(F)(F)F)cc1-c1cccc([N+](=O)[O-])c1. The summed E-state index contributed by atoms with van der Waals surface area (Å²) in [5.41, 5.74) is 0.425. The van der Waals surface area contributed by atoms with Crippen LogP contribution in [-0.2, 0) is 6.18 Å². The summed E-state index contributed by atoms with van der Waals surface area (Å²) in [4.78, 5) is 10.1. The van der Waals surface area contributed by atoms with Gasteiger partial charge in [-0.15, -0.1) is 0 Å². The van der Waals surface area contributed by atoms with Crippen molar-refractivity contribution in [3.05, 3.63) is 63.7 Å². The van der Waals surface area contributed by atoms with Crippen LogP contribution in [0.1, 0.15) is 11.1 Å². The molecule has 0 atom stereocenters. The second kappa shape index (κ2) is 4.96. The predicted octanol–water partition coefficient (Wildman–Crippen LogP) is 4.59. The smallest absolute Gasteiger partial charge is 0.258 e. The quantitative estimate of drug-likeness (QED) is 0.597. The monoisotopic (exact) mass is 281 g/mol. The highest BCUT2D eigenvalue weighted by molar-refractivity contribution is 5.70. The first-order chi connectivity index (χ1) is 9.29. The van der Waals surface area contributed by atoms with E-state index in [9.17, 15) is 23.3 Å². The number of rotatable bonds is 2. The summed E-state index contributed by atoms with van der Waals surface area (Å²) in [6.45, 7) is 1.66. The molecule has 0 saturated carbocycles. The molecule has 104 valence electrons. The van der Waals surface area contributed by atoms with Crippen molar-refractivity contribution in [3.8, 4) is 11.1 Å². The molecule has 2 rings (SSSR count). The largest absolute Gasteiger partial charge is 0.416 e. The molecule has 2 aromatic rings. The van der Waals surface area contributed by atoms with Gasteiger partial charge in [0.15, 0.2) is 0 Å². The number of hydrogen-bond donors (Lipinski definition) is 0. The van der Waals surface area contributed by atoms with Crippen LogP contribution in [0.3, 0.4) is 0 Å². The summed E-state index contributed by atoms with van der Waals surface area (Å²) >= 11 is 0. The van der Waals surface area contributed by atoms with Gasteiger partial charge in [0.05, 0.1) is 10.5 Å². The Morgan fingerprint density at radius 3 is 2.40 bits per heavy atom. The highest BCUT2D eigenvalue weighted by atomic mass is 19.4. The van der Waals surface area contributed by atoms with Gasteiger partial charge in [0.1, 0.15) is 0 Å². The maximum atomic E-state index is 12.7. The lowest BCUT2D eigenvalue weighted by molar-refractivity contribution is -0.384. The van der Waals surface area contributed by atoms with Crippen LogP contribution < -0.4 is 0 Å². The minimum absolute atomic E-state index is 0.153. The molecule has 0 spiro atoms. The fourth-order valence-electron chi connectivity index (χ4n) is 1.90. The maximum Gasteiger partial charge on any atom is 0.416 e. The molecule has 0 aromatic heterocycles. The number of alkyl halides is 3. The molecule has 0 amide bonds. The van der Waals surface area contributed by atoms with Gasteiger partial charge in [-0.3, -0.25) is 10.1 Å². The van der Waals surface area contributed by atoms with E-state index in [1.807, 2.05) is 0 Å². The van der Waals surface area contributed by atoms with Gasteiger partial charge >= 0.3 is 6.18 Å². The van der Waals surface area contributed by atoms with E-state index in [-0.39, 0.29) is 5.69 Å². The zero-order valence-corrected chi connectivity index (χ0v) is 10.4. The fourth-order valence-corrected chi connectivity index (χ4v) is 1.90. The van der Waals surface area contributed by atoms with Crippen LogP contribution in [0.5, 0.6) is 0 Å². The summed E-state index contributed by atoms with van der Waals surface area (Å²) in [5, 5.41) is 10.7. The Hall–Kier alpha value is -2.37. The molecule has 0 bridgehead atoms. The molecule has 0 saturated heterocycles. The summed E-state index contributed by atoms with van der Waals surface area (Å²) in [5.74, 6) is 0. The molecule has 6 heteroatoms. The minimum atomic E-state index is -4.44. The van der Waals surface area contributed by atoms with Gasteiger partial charge in [0.2, 0.25) is 0 Å². The lowest BCUT2D eigenvalue weighted by atomic mass is 9.97. The van der Waals surface area contributed by atoms with Gasteiger partial charge in [0, 0.05) is 12.1 Å². The molecule has 0 aliphatic heterocycles. The number of non-ortho nitro benzene ring substituents is 1. The lowest BCUT2D eigenvalue weighted by Crippen LogP contribution is -2.05. The van der Waals surface area contributed by atoms with Crippen LogP contribution in [0.15, 0.2) is 42.5 Å². The van der Waals surface area contributed by atoms with E-state index in [2.05, 4.69) is 0 Å². The maximum absolute atomic E-state index is 12.7. The van der Waals surface area contributed by atoms with Gasteiger partial charge in [-0.2, -0.15) is 13.2 Å². The summed E-state index contributed by atoms with van der Waals surface area (Å²) in [7, 11) is 0. The van der Waals surface area contributed by atoms with Gasteiger partial charge in [-0.05, 0) is 35.7 Å². The van der Waals surface area contributed by atoms with E-state index in [0.29, 0.717) is 16.7 Å². The minimum Gasteiger partial charge on any atom is -0.258 e. The molecule has 0 N–H and O–H groups in total. The molecule has 0 unspecified atom stereocenters. The van der Waals surface area contributed by atoms with Crippen molar-refractivity contribution < 1.29 is 18.1 Å². The van der Waals surface area contributed by atoms with Crippen molar-refractivity contribution >= 4 is 5.69 Å². The van der Waals surface area contributed by atoms with Crippen molar-refractivity contribution in [2.75, 3.05) is 0 Å². The Balaban J connectivity index is 2.57. The standard InChI is InChI=1S/C14H10F3NO2/c1-9-5-6-11(14(15,16)17)8-13(9)10-3-2-4-12(7-10)18(19)20/h2-8H,1H3. The van der Waals surface area contributed by atoms with Crippen LogP contribution in [0.25, 0.3) is 11.1 Å². The second-order valence-corrected chi connectivity index (χ2v) is 4.33. The number of aryl methyl sites for hydroxylation is 1. The van der Waals surface area contributed by atoms with Gasteiger partial charge in [0.25, 0.3) is 5.69 Å². The Bertz CT molecular complexity index is 666. The van der Waals surface area contributed by atoms with E-state index in [1.165, 1.54) is 24.3 Å². The van der Waals surface area contributed by atoms with E-state index in [0.717, 1.165) is 12.1 Å². The zero-order chi connectivity index (χ0) is 14.9. The predicted molar refractivity (Wildman–Crippen MR) is 68.3 cm³/mol. The van der Waals surface area contributed by atoms with E-state index in [4.69, 9.17) is 0 Å². The molecule has 0 aliphatic carbocycles. The first-order valence-corrected chi connectivity index (χ1v) is 5.72. The molecule has 0 radical (unpaired) electrons. The van der Waals surface area contributed by atoms with Gasteiger partial charge in [-0.1, -0.05) is 18.2 Å². The Kier molecular flexibility index (Phi) is 3.48. The summed E-state index contributed by atoms with van der Waals surface area (Å²) in [6.07, 6.45) is -4.44. The van der Waals surface area contributed by atoms with E-state index in [1.54, 1.807) is 13.0 Å². The lowest BCUT2D eigenvalue weighted by Gasteiger charge is -2.11. The van der Waals surface area contributed by atoms with E-state index >= 15 is 0 Å². The average molecular weight is 281 g/mol. The van der Waals surface area contributed by atoms with Crippen molar-refractivity contribution in [1.29, 1.82) is 0 Å². The third-order valence-electron chi connectivity index (χ3n) is 2.93. The Morgan fingerprint density at radius 2 is 1.80 bits per heavy atom. The molecular formula is C14H10F3NO2. The molecule has 0 aliphatic rings. The Labute approximate surface area is 112 Å². The van der Waals surface area contributed by atoms with Crippen LogP contribution >= 0.6 is 0 Å². The van der Waals surface area contributed by atoms with Crippen LogP contribution in [0.4, 0.5) is 18.9 Å². The summed E-state index contributed by atoms with van der Waals surface area (Å²) in [6, 6.07) is 8.93. The fraction of sp³-hybridized carbons (Fsp3) is 0.143. The number of benzene rings is 2. The van der Waals surface area contributed by atoms with Crippen molar-refractivity contribution in [3.63, 3.8) is 0 Å². The van der Waals surface area contributed by atoms with Crippen molar-refractivity contribution in [2.24, 2.45) is 0 Å². The first-order valence-electron chi connectivity index (χ1n) is 5.72. The molecule has 3 nitrogen and oxygen atoms in total. The number of nitro groups is 1. The molecular weight excluding hydrogens is 271 g/mol. The van der Waals surface area contributed by atoms with Crippen molar-refractivity contribution in [1.82, 2.24) is 0 Å². The molecule has 0 fully saturated rings. The van der Waals surface area contributed by atoms with Gasteiger partial charge in [-0.25, -0.2) is 0 Å². The molecule has 2 aromatic carbocycles. The highest BCUT2D eigenvalue weighted by Crippen LogP contribution is 2.34. The summed E-state index contributed by atoms with van der Waals surface area (Å²) < 4.78 is 38.1. The third kappa shape index (κ3) is 2.79. The number of nitro benzene ring substituents is 1. The van der Waals surface area contributed by atoms with Crippen molar-refractivity contribution in [2.45, 2.75) is 13.1 Å². The first kappa shape index (κ1) is 14.0. The topological polar surface area (TPSA) is 43.1 Å². The molecule has 0 heterocycles. The van der Waals surface area contributed by atoms with Crippen LogP contribution in [-0.4, -0.2) is 4.92 Å². The van der Waals surface area contributed by atoms with E-state index < -0.39 is 16.7 Å². The second-order valence-electron chi connectivity index (χ2n) is 4.33.